The van der Waals surface area contributed by atoms with Crippen LogP contribution in [0.1, 0.15) is 15.9 Å². The van der Waals surface area contributed by atoms with E-state index in [9.17, 15) is 13.6 Å². The average molecular weight is 309 g/mol. The van der Waals surface area contributed by atoms with Gasteiger partial charge in [0.2, 0.25) is 0 Å². The van der Waals surface area contributed by atoms with Crippen LogP contribution in [-0.4, -0.2) is 5.78 Å². The molecule has 5 heteroatoms. The molecule has 0 fully saturated rings. The summed E-state index contributed by atoms with van der Waals surface area (Å²) in [7, 11) is 0. The third-order valence-electron chi connectivity index (χ3n) is 2.98. The number of fused-ring (bicyclic) bond motifs is 1. The van der Waals surface area contributed by atoms with E-state index in [0.29, 0.717) is 5.56 Å². The Balaban J connectivity index is 2.16. The van der Waals surface area contributed by atoms with Gasteiger partial charge in [0, 0.05) is 21.0 Å². The molecule has 3 rings (SSSR count). The minimum absolute atomic E-state index is 0.310. The van der Waals surface area contributed by atoms with Crippen LogP contribution in [0.2, 0.25) is 5.02 Å². The Morgan fingerprint density at radius 2 is 1.80 bits per heavy atom. The minimum atomic E-state index is -0.823. The van der Waals surface area contributed by atoms with E-state index >= 15 is 0 Å². The van der Waals surface area contributed by atoms with E-state index in [-0.39, 0.29) is 10.6 Å². The van der Waals surface area contributed by atoms with Gasteiger partial charge in [-0.3, -0.25) is 4.79 Å². The first-order valence-corrected chi connectivity index (χ1v) is 6.99. The molecule has 1 heterocycles. The first-order valence-electron chi connectivity index (χ1n) is 5.73. The van der Waals surface area contributed by atoms with Gasteiger partial charge in [-0.25, -0.2) is 8.78 Å². The fourth-order valence-electron chi connectivity index (χ4n) is 2.00. The molecule has 1 nitrogen and oxygen atoms in total. The molecule has 100 valence electrons. The van der Waals surface area contributed by atoms with Gasteiger partial charge >= 0.3 is 0 Å². The largest absolute Gasteiger partial charge is 0.288 e. The van der Waals surface area contributed by atoms with Gasteiger partial charge < -0.3 is 0 Å². The fraction of sp³-hybridized carbons (Fsp3) is 0. The van der Waals surface area contributed by atoms with Crippen LogP contribution in [0.5, 0.6) is 0 Å². The van der Waals surface area contributed by atoms with Crippen LogP contribution in [0, 0.1) is 11.6 Å². The smallest absolute Gasteiger partial charge is 0.197 e. The maximum atomic E-state index is 13.8. The van der Waals surface area contributed by atoms with E-state index < -0.39 is 17.4 Å². The van der Waals surface area contributed by atoms with E-state index in [2.05, 4.69) is 0 Å². The molecule has 0 bridgehead atoms. The molecule has 0 amide bonds. The summed E-state index contributed by atoms with van der Waals surface area (Å²) in [6.45, 7) is 0. The van der Waals surface area contributed by atoms with Crippen molar-refractivity contribution in [1.82, 2.24) is 0 Å². The molecule has 0 unspecified atom stereocenters. The number of hydrogen-bond donors (Lipinski definition) is 0. The number of thiophene rings is 1. The van der Waals surface area contributed by atoms with E-state index in [1.807, 2.05) is 12.1 Å². The summed E-state index contributed by atoms with van der Waals surface area (Å²) in [5.74, 6) is -2.18. The molecule has 1 aromatic heterocycles. The highest BCUT2D eigenvalue weighted by Gasteiger charge is 2.19. The molecular weight excluding hydrogens is 302 g/mol. The average Bonchev–Trinajstić information content (AvgIpc) is 2.86. The van der Waals surface area contributed by atoms with Gasteiger partial charge in [-0.05, 0) is 18.2 Å². The number of halogens is 3. The SMILES string of the molecule is O=C(c1cc(F)c(Cl)cc1F)c1csc2ccccc12. The van der Waals surface area contributed by atoms with Crippen molar-refractivity contribution in [2.45, 2.75) is 0 Å². The molecule has 0 aliphatic carbocycles. The molecule has 20 heavy (non-hydrogen) atoms. The summed E-state index contributed by atoms with van der Waals surface area (Å²) in [6.07, 6.45) is 0. The second-order valence-corrected chi connectivity index (χ2v) is 5.54. The number of carbonyl (C=O) groups is 1. The predicted molar refractivity (Wildman–Crippen MR) is 76.6 cm³/mol. The molecule has 0 aliphatic heterocycles. The van der Waals surface area contributed by atoms with Crippen LogP contribution in [0.3, 0.4) is 0 Å². The Hall–Kier alpha value is -1.78. The third kappa shape index (κ3) is 2.11. The quantitative estimate of drug-likeness (QED) is 0.477. The normalized spacial score (nSPS) is 10.9. The standard InChI is InChI=1S/C15H7ClF2OS/c16-11-6-12(17)9(5-13(11)18)15(19)10-7-20-14-4-2-1-3-8(10)14/h1-7H. The highest BCUT2D eigenvalue weighted by atomic mass is 35.5. The summed E-state index contributed by atoms with van der Waals surface area (Å²) in [4.78, 5) is 12.4. The predicted octanol–water partition coefficient (Wildman–Crippen LogP) is 5.06. The lowest BCUT2D eigenvalue weighted by Gasteiger charge is -2.03. The summed E-state index contributed by atoms with van der Waals surface area (Å²) in [5.41, 5.74) is 0.0571. The zero-order valence-corrected chi connectivity index (χ0v) is 11.6. The van der Waals surface area contributed by atoms with Gasteiger partial charge in [0.25, 0.3) is 0 Å². The maximum absolute atomic E-state index is 13.8. The van der Waals surface area contributed by atoms with Crippen molar-refractivity contribution in [2.24, 2.45) is 0 Å². The second-order valence-electron chi connectivity index (χ2n) is 4.22. The van der Waals surface area contributed by atoms with Gasteiger partial charge in [0.15, 0.2) is 5.78 Å². The Morgan fingerprint density at radius 1 is 1.05 bits per heavy atom. The van der Waals surface area contributed by atoms with Crippen LogP contribution in [-0.2, 0) is 0 Å². The first kappa shape index (κ1) is 13.2. The third-order valence-corrected chi connectivity index (χ3v) is 4.23. The molecule has 0 spiro atoms. The summed E-state index contributed by atoms with van der Waals surface area (Å²) >= 11 is 6.87. The van der Waals surface area contributed by atoms with E-state index in [1.54, 1.807) is 17.5 Å². The van der Waals surface area contributed by atoms with Crippen LogP contribution in [0.15, 0.2) is 41.8 Å². The van der Waals surface area contributed by atoms with E-state index in [4.69, 9.17) is 11.6 Å². The van der Waals surface area contributed by atoms with Crippen LogP contribution >= 0.6 is 22.9 Å². The minimum Gasteiger partial charge on any atom is -0.288 e. The summed E-state index contributed by atoms with van der Waals surface area (Å²) < 4.78 is 28.2. The number of ketones is 1. The Bertz CT molecular complexity index is 826. The first-order chi connectivity index (χ1) is 9.58. The van der Waals surface area contributed by atoms with E-state index in [1.165, 1.54) is 11.3 Å². The van der Waals surface area contributed by atoms with Crippen molar-refractivity contribution in [3.63, 3.8) is 0 Å². The van der Waals surface area contributed by atoms with Crippen molar-refractivity contribution in [3.8, 4) is 0 Å². The molecular formula is C15H7ClF2OS. The molecule has 3 aromatic rings. The van der Waals surface area contributed by atoms with Crippen LogP contribution < -0.4 is 0 Å². The lowest BCUT2D eigenvalue weighted by Crippen LogP contribution is -2.04. The molecule has 0 aliphatic rings. The zero-order valence-electron chi connectivity index (χ0n) is 9.99. The van der Waals surface area contributed by atoms with Gasteiger partial charge in [-0.2, -0.15) is 0 Å². The molecule has 0 saturated carbocycles. The highest BCUT2D eigenvalue weighted by Crippen LogP contribution is 2.29. The lowest BCUT2D eigenvalue weighted by atomic mass is 10.0. The van der Waals surface area contributed by atoms with Gasteiger partial charge in [0.05, 0.1) is 10.6 Å². The number of rotatable bonds is 2. The highest BCUT2D eigenvalue weighted by molar-refractivity contribution is 7.17. The molecule has 0 N–H and O–H groups in total. The lowest BCUT2D eigenvalue weighted by molar-refractivity contribution is 0.103. The van der Waals surface area contributed by atoms with Crippen LogP contribution in [0.25, 0.3) is 10.1 Å². The monoisotopic (exact) mass is 308 g/mol. The van der Waals surface area contributed by atoms with Gasteiger partial charge in [0.1, 0.15) is 11.6 Å². The molecule has 0 saturated heterocycles. The number of benzene rings is 2. The van der Waals surface area contributed by atoms with Gasteiger partial charge in [-0.15, -0.1) is 11.3 Å². The topological polar surface area (TPSA) is 17.1 Å². The summed E-state index contributed by atoms with van der Waals surface area (Å²) in [6, 6.07) is 8.96. The van der Waals surface area contributed by atoms with Crippen molar-refractivity contribution < 1.29 is 13.6 Å². The molecule has 2 aromatic carbocycles. The molecule has 0 radical (unpaired) electrons. The zero-order chi connectivity index (χ0) is 14.3. The maximum Gasteiger partial charge on any atom is 0.197 e. The summed E-state index contributed by atoms with van der Waals surface area (Å²) in [5, 5.41) is 2.05. The number of hydrogen-bond acceptors (Lipinski definition) is 2. The molecule has 0 atom stereocenters. The van der Waals surface area contributed by atoms with Crippen molar-refractivity contribution in [1.29, 1.82) is 0 Å². The second kappa shape index (κ2) is 4.96. The van der Waals surface area contributed by atoms with Crippen molar-refractivity contribution in [3.05, 3.63) is 69.6 Å². The Morgan fingerprint density at radius 3 is 2.60 bits per heavy atom. The van der Waals surface area contributed by atoms with Crippen molar-refractivity contribution in [2.75, 3.05) is 0 Å². The Labute approximate surface area is 122 Å². The fourth-order valence-corrected chi connectivity index (χ4v) is 3.09. The van der Waals surface area contributed by atoms with Crippen LogP contribution in [0.4, 0.5) is 8.78 Å². The number of carbonyl (C=O) groups excluding carboxylic acids is 1. The van der Waals surface area contributed by atoms with E-state index in [0.717, 1.165) is 22.2 Å². The van der Waals surface area contributed by atoms with Crippen molar-refractivity contribution >= 4 is 38.8 Å². The van der Waals surface area contributed by atoms with Gasteiger partial charge in [-0.1, -0.05) is 29.8 Å². The Kier molecular flexibility index (Phi) is 3.28.